The van der Waals surface area contributed by atoms with Crippen LogP contribution < -0.4 is 10.6 Å². The number of hydrogen-bond donors (Lipinski definition) is 3. The Hall–Kier alpha value is -2.84. The molecule has 0 radical (unpaired) electrons. The highest BCUT2D eigenvalue weighted by Gasteiger charge is 2.25. The summed E-state index contributed by atoms with van der Waals surface area (Å²) in [6.07, 6.45) is 8.43. The summed E-state index contributed by atoms with van der Waals surface area (Å²) < 4.78 is 12.6. The Morgan fingerprint density at radius 1 is 1.11 bits per heavy atom. The zero-order chi connectivity index (χ0) is 24.6. The number of likely N-dealkylation sites (tertiary alicyclic amines) is 2. The van der Waals surface area contributed by atoms with Crippen molar-refractivity contribution in [1.82, 2.24) is 20.1 Å². The van der Waals surface area contributed by atoms with E-state index in [4.69, 9.17) is 5.41 Å². The van der Waals surface area contributed by atoms with Crippen molar-refractivity contribution < 1.29 is 9.18 Å². The van der Waals surface area contributed by atoms with E-state index in [1.54, 1.807) is 6.20 Å². The summed E-state index contributed by atoms with van der Waals surface area (Å²) in [6.45, 7) is 4.60. The van der Waals surface area contributed by atoms with E-state index in [0.29, 0.717) is 12.4 Å². The first kappa shape index (κ1) is 25.3. The minimum absolute atomic E-state index is 0.0213. The van der Waals surface area contributed by atoms with Crippen molar-refractivity contribution in [3.05, 3.63) is 41.7 Å². The number of allylic oxidation sites excluding steroid dienone is 1. The maximum atomic E-state index is 12.8. The monoisotopic (exact) mass is 480 g/mol. The Kier molecular flexibility index (Phi) is 8.82. The lowest BCUT2D eigenvalue weighted by Gasteiger charge is -2.30. The molecule has 188 valence electrons. The molecule has 1 aromatic heterocycles. The van der Waals surface area contributed by atoms with E-state index in [1.165, 1.54) is 25.5 Å². The predicted octanol–water partition coefficient (Wildman–Crippen LogP) is 3.92. The van der Waals surface area contributed by atoms with Crippen LogP contribution in [0.2, 0.25) is 0 Å². The van der Waals surface area contributed by atoms with Crippen LogP contribution in [0.3, 0.4) is 0 Å². The molecule has 3 N–H and O–H groups in total. The number of pyridine rings is 1. The summed E-state index contributed by atoms with van der Waals surface area (Å²) in [6, 6.07) is 8.01. The van der Waals surface area contributed by atoms with E-state index in [-0.39, 0.29) is 18.5 Å². The molecule has 1 amide bonds. The molecule has 1 aromatic carbocycles. The van der Waals surface area contributed by atoms with Crippen LogP contribution in [-0.4, -0.2) is 79.9 Å². The number of nitrogens with zero attached hydrogens (tertiary/aromatic N) is 3. The smallest absolute Gasteiger partial charge is 0.228 e. The van der Waals surface area contributed by atoms with Crippen molar-refractivity contribution in [2.75, 3.05) is 58.3 Å². The van der Waals surface area contributed by atoms with Crippen LogP contribution in [0.25, 0.3) is 16.3 Å². The van der Waals surface area contributed by atoms with E-state index in [0.717, 1.165) is 73.2 Å². The lowest BCUT2D eigenvalue weighted by Crippen LogP contribution is -2.39. The lowest BCUT2D eigenvalue weighted by atomic mass is 9.96. The minimum Gasteiger partial charge on any atom is -0.390 e. The van der Waals surface area contributed by atoms with Gasteiger partial charge in [0.2, 0.25) is 5.91 Å². The van der Waals surface area contributed by atoms with Gasteiger partial charge in [-0.2, -0.15) is 0 Å². The first-order valence-corrected chi connectivity index (χ1v) is 12.7. The zero-order valence-electron chi connectivity index (χ0n) is 20.7. The largest absolute Gasteiger partial charge is 0.390 e. The number of halogens is 1. The Balaban J connectivity index is 1.50. The number of benzene rings is 1. The molecule has 2 aromatic rings. The van der Waals surface area contributed by atoms with Crippen LogP contribution in [-0.2, 0) is 4.79 Å². The SMILES string of the molecule is CN/C(CN1CCCCC1)=C(\C=N)c1ccc2cnc(NC(=O)C3CCN(CCF)CC3)cc2c1. The third-order valence-corrected chi connectivity index (χ3v) is 7.24. The number of carbonyl (C=O) groups is 1. The van der Waals surface area contributed by atoms with Gasteiger partial charge < -0.3 is 20.9 Å². The van der Waals surface area contributed by atoms with Gasteiger partial charge in [0.1, 0.15) is 12.5 Å². The van der Waals surface area contributed by atoms with Gasteiger partial charge in [-0.1, -0.05) is 18.6 Å². The number of aromatic nitrogens is 1. The topological polar surface area (TPSA) is 84.4 Å². The molecule has 0 spiro atoms. The molecule has 2 aliphatic rings. The highest BCUT2D eigenvalue weighted by Crippen LogP contribution is 2.25. The second-order valence-corrected chi connectivity index (χ2v) is 9.55. The Bertz CT molecular complexity index is 1060. The number of amides is 1. The molecular formula is C27H37FN6O. The molecule has 0 bridgehead atoms. The summed E-state index contributed by atoms with van der Waals surface area (Å²) in [5.74, 6) is 0.440. The maximum Gasteiger partial charge on any atom is 0.228 e. The van der Waals surface area contributed by atoms with E-state index < -0.39 is 0 Å². The Morgan fingerprint density at radius 3 is 2.57 bits per heavy atom. The first-order chi connectivity index (χ1) is 17.1. The Labute approximate surface area is 207 Å². The zero-order valence-corrected chi connectivity index (χ0v) is 20.7. The van der Waals surface area contributed by atoms with Crippen LogP contribution in [0.4, 0.5) is 10.2 Å². The highest BCUT2D eigenvalue weighted by molar-refractivity contribution is 6.10. The second kappa shape index (κ2) is 12.2. The summed E-state index contributed by atoms with van der Waals surface area (Å²) in [7, 11) is 1.92. The van der Waals surface area contributed by atoms with Gasteiger partial charge in [0, 0.05) is 55.1 Å². The van der Waals surface area contributed by atoms with Gasteiger partial charge in [0.05, 0.1) is 0 Å². The standard InChI is InChI=1S/C27H37FN6O/c1-30-25(19-34-10-3-2-4-11-34)24(17-29)21-5-6-22-18-31-26(16-23(22)15-21)32-27(35)20-7-12-33(13-8-20)14-9-28/h5-6,15-18,20,29-30H,2-4,7-14,19H2,1H3,(H,31,32,35)/b25-24+,29-17?. The number of carbonyl (C=O) groups excluding carboxylic acids is 1. The fourth-order valence-electron chi connectivity index (χ4n) is 5.13. The normalized spacial score (nSPS) is 18.8. The van der Waals surface area contributed by atoms with Crippen molar-refractivity contribution in [3.63, 3.8) is 0 Å². The van der Waals surface area contributed by atoms with Gasteiger partial charge >= 0.3 is 0 Å². The van der Waals surface area contributed by atoms with Gasteiger partial charge in [0.25, 0.3) is 0 Å². The molecule has 0 unspecified atom stereocenters. The summed E-state index contributed by atoms with van der Waals surface area (Å²) >= 11 is 0. The molecule has 2 aliphatic heterocycles. The first-order valence-electron chi connectivity index (χ1n) is 12.7. The van der Waals surface area contributed by atoms with Crippen LogP contribution in [0.15, 0.2) is 36.2 Å². The third-order valence-electron chi connectivity index (χ3n) is 7.24. The van der Waals surface area contributed by atoms with Crippen molar-refractivity contribution in [1.29, 1.82) is 5.41 Å². The molecule has 8 heteroatoms. The number of rotatable bonds is 9. The molecule has 7 nitrogen and oxygen atoms in total. The number of piperidine rings is 2. The third kappa shape index (κ3) is 6.44. The molecule has 35 heavy (non-hydrogen) atoms. The van der Waals surface area contributed by atoms with Gasteiger partial charge in [-0.3, -0.25) is 9.69 Å². The summed E-state index contributed by atoms with van der Waals surface area (Å²) in [4.78, 5) is 21.8. The van der Waals surface area contributed by atoms with Gasteiger partial charge in [0.15, 0.2) is 0 Å². The molecule has 0 aliphatic carbocycles. The molecule has 2 fully saturated rings. The van der Waals surface area contributed by atoms with Gasteiger partial charge in [-0.05, 0) is 74.9 Å². The fraction of sp³-hybridized carbons (Fsp3) is 0.519. The van der Waals surface area contributed by atoms with Crippen molar-refractivity contribution in [2.45, 2.75) is 32.1 Å². The molecule has 3 heterocycles. The molecule has 2 saturated heterocycles. The number of likely N-dealkylation sites (N-methyl/N-ethyl adjacent to an activating group) is 1. The molecule has 0 atom stereocenters. The number of alkyl halides is 1. The molecule has 4 rings (SSSR count). The quantitative estimate of drug-likeness (QED) is 0.474. The van der Waals surface area contributed by atoms with Crippen LogP contribution in [0.5, 0.6) is 0 Å². The lowest BCUT2D eigenvalue weighted by molar-refractivity contribution is -0.121. The predicted molar refractivity (Wildman–Crippen MR) is 141 cm³/mol. The van der Waals surface area contributed by atoms with Crippen LogP contribution in [0, 0.1) is 11.3 Å². The Morgan fingerprint density at radius 2 is 1.89 bits per heavy atom. The fourth-order valence-corrected chi connectivity index (χ4v) is 5.13. The van der Waals surface area contributed by atoms with Crippen molar-refractivity contribution in [2.24, 2.45) is 5.92 Å². The van der Waals surface area contributed by atoms with E-state index in [1.807, 2.05) is 25.2 Å². The van der Waals surface area contributed by atoms with Crippen LogP contribution in [0.1, 0.15) is 37.7 Å². The van der Waals surface area contributed by atoms with Crippen LogP contribution >= 0.6 is 0 Å². The van der Waals surface area contributed by atoms with E-state index in [9.17, 15) is 9.18 Å². The maximum absolute atomic E-state index is 12.8. The second-order valence-electron chi connectivity index (χ2n) is 9.55. The number of nitrogens with one attached hydrogen (secondary N) is 3. The number of hydrogen-bond acceptors (Lipinski definition) is 6. The van der Waals surface area contributed by atoms with Gasteiger partial charge in [-0.15, -0.1) is 0 Å². The van der Waals surface area contributed by atoms with E-state index >= 15 is 0 Å². The van der Waals surface area contributed by atoms with Crippen molar-refractivity contribution >= 4 is 34.3 Å². The molecule has 0 saturated carbocycles. The van der Waals surface area contributed by atoms with Crippen molar-refractivity contribution in [3.8, 4) is 0 Å². The number of anilines is 1. The average molecular weight is 481 g/mol. The number of fused-ring (bicyclic) bond motifs is 1. The summed E-state index contributed by atoms with van der Waals surface area (Å²) in [5.41, 5.74) is 2.89. The summed E-state index contributed by atoms with van der Waals surface area (Å²) in [5, 5.41) is 16.4. The highest BCUT2D eigenvalue weighted by atomic mass is 19.1. The minimum atomic E-state index is -0.344. The van der Waals surface area contributed by atoms with Gasteiger partial charge in [-0.25, -0.2) is 9.37 Å². The molecular weight excluding hydrogens is 443 g/mol. The average Bonchev–Trinajstić information content (AvgIpc) is 2.89. The van der Waals surface area contributed by atoms with E-state index in [2.05, 4.69) is 31.5 Å².